The number of halogens is 2. The number of benzene rings is 1. The van der Waals surface area contributed by atoms with Gasteiger partial charge in [-0.25, -0.2) is 0 Å². The van der Waals surface area contributed by atoms with Crippen LogP contribution in [0.15, 0.2) is 27.1 Å². The van der Waals surface area contributed by atoms with Crippen LogP contribution in [0.1, 0.15) is 12.8 Å². The number of nitrogens with zero attached hydrogens (tertiary/aromatic N) is 2. The number of hydrogen-bond donors (Lipinski definition) is 1. The normalized spacial score (nSPS) is 10.8. The highest BCUT2D eigenvalue weighted by Gasteiger charge is 2.13. The molecule has 0 saturated heterocycles. The van der Waals surface area contributed by atoms with Crippen LogP contribution >= 0.6 is 27.5 Å². The molecule has 0 spiro atoms. The number of likely N-dealkylation sites (N-methyl/N-ethyl adjacent to an activating group) is 1. The fourth-order valence-corrected chi connectivity index (χ4v) is 2.08. The van der Waals surface area contributed by atoms with Gasteiger partial charge in [-0.2, -0.15) is 0 Å². The van der Waals surface area contributed by atoms with Crippen LogP contribution in [0.2, 0.25) is 5.02 Å². The molecule has 0 fully saturated rings. The lowest BCUT2D eigenvalue weighted by Crippen LogP contribution is -2.16. The van der Waals surface area contributed by atoms with Crippen molar-refractivity contribution in [3.63, 3.8) is 0 Å². The van der Waals surface area contributed by atoms with Gasteiger partial charge in [-0.1, -0.05) is 24.6 Å². The van der Waals surface area contributed by atoms with Crippen molar-refractivity contribution in [1.29, 1.82) is 0 Å². The highest BCUT2D eigenvalue weighted by atomic mass is 79.9. The third kappa shape index (κ3) is 3.10. The Morgan fingerprint density at radius 2 is 2.22 bits per heavy atom. The molecular weight excluding hydrogens is 318 g/mol. The fraction of sp³-hybridized carbons (Fsp3) is 0.333. The van der Waals surface area contributed by atoms with Crippen molar-refractivity contribution in [2.45, 2.75) is 13.3 Å². The molecule has 1 heterocycles. The molecule has 1 aromatic heterocycles. The van der Waals surface area contributed by atoms with Crippen molar-refractivity contribution in [2.75, 3.05) is 13.1 Å². The molecule has 0 aliphatic carbocycles. The van der Waals surface area contributed by atoms with Gasteiger partial charge < -0.3 is 9.73 Å². The first-order valence-electron chi connectivity index (χ1n) is 5.70. The van der Waals surface area contributed by atoms with E-state index in [1.165, 1.54) is 0 Å². The van der Waals surface area contributed by atoms with E-state index >= 15 is 0 Å². The smallest absolute Gasteiger partial charge is 0.249 e. The molecule has 0 amide bonds. The van der Waals surface area contributed by atoms with E-state index in [4.69, 9.17) is 16.0 Å². The maximum absolute atomic E-state index is 6.18. The summed E-state index contributed by atoms with van der Waals surface area (Å²) in [4.78, 5) is 0. The van der Waals surface area contributed by atoms with Crippen molar-refractivity contribution in [3.8, 4) is 11.5 Å². The maximum atomic E-state index is 6.18. The molecule has 4 nitrogen and oxygen atoms in total. The highest BCUT2D eigenvalue weighted by Crippen LogP contribution is 2.32. The van der Waals surface area contributed by atoms with Crippen molar-refractivity contribution >= 4 is 27.5 Å². The SMILES string of the molecule is CCNCCc1nnc(-c2cccc(Br)c2Cl)o1. The molecule has 0 saturated carbocycles. The second-order valence-electron chi connectivity index (χ2n) is 3.71. The molecule has 2 aromatic rings. The number of rotatable bonds is 5. The molecule has 0 aliphatic rings. The van der Waals surface area contributed by atoms with E-state index in [-0.39, 0.29) is 0 Å². The Bertz CT molecular complexity index is 530. The average molecular weight is 331 g/mol. The summed E-state index contributed by atoms with van der Waals surface area (Å²) in [5.41, 5.74) is 0.744. The minimum absolute atomic E-state index is 0.452. The van der Waals surface area contributed by atoms with Crippen LogP contribution in [0, 0.1) is 0 Å². The topological polar surface area (TPSA) is 51.0 Å². The van der Waals surface area contributed by atoms with E-state index in [2.05, 4.69) is 38.4 Å². The van der Waals surface area contributed by atoms with E-state index in [1.54, 1.807) is 0 Å². The molecule has 1 aromatic carbocycles. The molecule has 6 heteroatoms. The van der Waals surface area contributed by atoms with Crippen molar-refractivity contribution in [2.24, 2.45) is 0 Å². The summed E-state index contributed by atoms with van der Waals surface area (Å²) in [7, 11) is 0. The Morgan fingerprint density at radius 1 is 1.39 bits per heavy atom. The van der Waals surface area contributed by atoms with Crippen LogP contribution in [0.4, 0.5) is 0 Å². The second-order valence-corrected chi connectivity index (χ2v) is 4.94. The monoisotopic (exact) mass is 329 g/mol. The lowest BCUT2D eigenvalue weighted by atomic mass is 10.2. The van der Waals surface area contributed by atoms with Crippen LogP contribution in [0.25, 0.3) is 11.5 Å². The second kappa shape index (κ2) is 6.31. The van der Waals surface area contributed by atoms with Gasteiger partial charge in [-0.15, -0.1) is 10.2 Å². The first kappa shape index (κ1) is 13.5. The van der Waals surface area contributed by atoms with E-state index in [0.717, 1.165) is 23.1 Å². The lowest BCUT2D eigenvalue weighted by molar-refractivity contribution is 0.496. The number of aromatic nitrogens is 2. The third-order valence-electron chi connectivity index (χ3n) is 2.41. The molecule has 0 bridgehead atoms. The van der Waals surface area contributed by atoms with Crippen LogP contribution < -0.4 is 5.32 Å². The first-order valence-corrected chi connectivity index (χ1v) is 6.87. The molecule has 18 heavy (non-hydrogen) atoms. The highest BCUT2D eigenvalue weighted by molar-refractivity contribution is 9.10. The Labute approximate surface area is 119 Å². The molecule has 2 rings (SSSR count). The first-order chi connectivity index (χ1) is 8.72. The van der Waals surface area contributed by atoms with E-state index in [9.17, 15) is 0 Å². The zero-order valence-electron chi connectivity index (χ0n) is 9.91. The molecule has 1 N–H and O–H groups in total. The largest absolute Gasteiger partial charge is 0.421 e. The fourth-order valence-electron chi connectivity index (χ4n) is 1.50. The third-order valence-corrected chi connectivity index (χ3v) is 3.71. The quantitative estimate of drug-likeness (QED) is 0.855. The summed E-state index contributed by atoms with van der Waals surface area (Å²) < 4.78 is 6.40. The minimum atomic E-state index is 0.452. The summed E-state index contributed by atoms with van der Waals surface area (Å²) in [6, 6.07) is 5.61. The van der Waals surface area contributed by atoms with Gasteiger partial charge in [0.2, 0.25) is 11.8 Å². The molecule has 0 aliphatic heterocycles. The molecule has 0 atom stereocenters. The standard InChI is InChI=1S/C12H13BrClN3O/c1-2-15-7-6-10-16-17-12(18-10)8-4-3-5-9(13)11(8)14/h3-5,15H,2,6-7H2,1H3. The Balaban J connectivity index is 2.16. The average Bonchev–Trinajstić information content (AvgIpc) is 2.82. The van der Waals surface area contributed by atoms with Gasteiger partial charge in [0.25, 0.3) is 0 Å². The van der Waals surface area contributed by atoms with Crippen LogP contribution in [0.5, 0.6) is 0 Å². The van der Waals surface area contributed by atoms with E-state index in [0.29, 0.717) is 23.2 Å². The Morgan fingerprint density at radius 3 is 3.00 bits per heavy atom. The van der Waals surface area contributed by atoms with Gasteiger partial charge in [0.1, 0.15) is 0 Å². The van der Waals surface area contributed by atoms with Crippen molar-refractivity contribution < 1.29 is 4.42 Å². The van der Waals surface area contributed by atoms with Crippen LogP contribution in [-0.4, -0.2) is 23.3 Å². The Kier molecular flexibility index (Phi) is 4.74. The predicted molar refractivity (Wildman–Crippen MR) is 74.7 cm³/mol. The van der Waals surface area contributed by atoms with Crippen LogP contribution in [-0.2, 0) is 6.42 Å². The minimum Gasteiger partial charge on any atom is -0.421 e. The van der Waals surface area contributed by atoms with Crippen LogP contribution in [0.3, 0.4) is 0 Å². The van der Waals surface area contributed by atoms with Gasteiger partial charge >= 0.3 is 0 Å². The molecular formula is C12H13BrClN3O. The van der Waals surface area contributed by atoms with E-state index in [1.807, 2.05) is 18.2 Å². The van der Waals surface area contributed by atoms with Gasteiger partial charge in [-0.3, -0.25) is 0 Å². The van der Waals surface area contributed by atoms with E-state index < -0.39 is 0 Å². The lowest BCUT2D eigenvalue weighted by Gasteiger charge is -2.00. The van der Waals surface area contributed by atoms with Gasteiger partial charge in [0.05, 0.1) is 10.6 Å². The summed E-state index contributed by atoms with van der Waals surface area (Å²) in [6.45, 7) is 3.81. The van der Waals surface area contributed by atoms with Crippen molar-refractivity contribution in [3.05, 3.63) is 33.6 Å². The zero-order valence-corrected chi connectivity index (χ0v) is 12.3. The Hall–Kier alpha value is -0.910. The van der Waals surface area contributed by atoms with Crippen molar-refractivity contribution in [1.82, 2.24) is 15.5 Å². The number of hydrogen-bond acceptors (Lipinski definition) is 4. The summed E-state index contributed by atoms with van der Waals surface area (Å²) in [5, 5.41) is 11.8. The zero-order chi connectivity index (χ0) is 13.0. The molecule has 96 valence electrons. The maximum Gasteiger partial charge on any atom is 0.249 e. The van der Waals surface area contributed by atoms with Gasteiger partial charge in [-0.05, 0) is 34.6 Å². The van der Waals surface area contributed by atoms with Gasteiger partial charge in [0, 0.05) is 17.4 Å². The summed E-state index contributed by atoms with van der Waals surface area (Å²) >= 11 is 9.55. The molecule has 0 radical (unpaired) electrons. The summed E-state index contributed by atoms with van der Waals surface area (Å²) in [5.74, 6) is 1.06. The van der Waals surface area contributed by atoms with Gasteiger partial charge in [0.15, 0.2) is 0 Å². The number of nitrogens with one attached hydrogen (secondary N) is 1. The molecule has 0 unspecified atom stereocenters. The predicted octanol–water partition coefficient (Wildman–Crippen LogP) is 3.30. The summed E-state index contributed by atoms with van der Waals surface area (Å²) in [6.07, 6.45) is 0.715.